The van der Waals surface area contributed by atoms with Crippen molar-refractivity contribution in [3.8, 4) is 11.5 Å². The van der Waals surface area contributed by atoms with E-state index in [1.54, 1.807) is 23.8 Å². The minimum atomic E-state index is -0.157. The summed E-state index contributed by atoms with van der Waals surface area (Å²) in [4.78, 5) is 32.2. The molecule has 0 radical (unpaired) electrons. The zero-order valence-electron chi connectivity index (χ0n) is 18.1. The van der Waals surface area contributed by atoms with Crippen molar-refractivity contribution in [2.45, 2.75) is 45.2 Å². The Balaban J connectivity index is 1.49. The van der Waals surface area contributed by atoms with Crippen molar-refractivity contribution in [3.63, 3.8) is 0 Å². The van der Waals surface area contributed by atoms with Gasteiger partial charge in [-0.05, 0) is 43.9 Å². The van der Waals surface area contributed by atoms with Gasteiger partial charge in [0.2, 0.25) is 5.91 Å². The molecule has 0 bridgehead atoms. The molecule has 1 aliphatic heterocycles. The van der Waals surface area contributed by atoms with Crippen molar-refractivity contribution in [1.29, 1.82) is 0 Å². The summed E-state index contributed by atoms with van der Waals surface area (Å²) < 4.78 is 12.1. The number of methoxy groups -OCH3 is 2. The van der Waals surface area contributed by atoms with Gasteiger partial charge in [-0.3, -0.25) is 14.2 Å². The number of aryl methyl sites for hydroxylation is 2. The third kappa shape index (κ3) is 4.00. The molecule has 1 amide bonds. The van der Waals surface area contributed by atoms with Gasteiger partial charge >= 0.3 is 0 Å². The fourth-order valence-electron chi connectivity index (χ4n) is 4.23. The van der Waals surface area contributed by atoms with Gasteiger partial charge < -0.3 is 14.4 Å². The van der Waals surface area contributed by atoms with E-state index in [0.717, 1.165) is 18.5 Å². The predicted octanol–water partition coefficient (Wildman–Crippen LogP) is 3.56. The second-order valence-electron chi connectivity index (χ2n) is 7.85. The van der Waals surface area contributed by atoms with Crippen LogP contribution in [0.2, 0.25) is 0 Å². The Labute approximate surface area is 181 Å². The molecule has 0 N–H and O–H groups in total. The van der Waals surface area contributed by atoms with Crippen LogP contribution >= 0.6 is 0 Å². The summed E-state index contributed by atoms with van der Waals surface area (Å²) >= 11 is 0. The number of carbonyl (C=O) groups is 1. The maximum atomic E-state index is 13.0. The average molecular weight is 421 g/mol. The lowest BCUT2D eigenvalue weighted by molar-refractivity contribution is -0.119. The van der Waals surface area contributed by atoms with Crippen molar-refractivity contribution >= 4 is 22.5 Å². The minimum Gasteiger partial charge on any atom is -0.493 e. The molecule has 0 spiro atoms. The number of carbonyl (C=O) groups excluding carboxylic acids is 1. The largest absolute Gasteiger partial charge is 0.493 e. The van der Waals surface area contributed by atoms with E-state index in [0.29, 0.717) is 41.8 Å². The Kier molecular flexibility index (Phi) is 5.93. The number of benzene rings is 2. The van der Waals surface area contributed by atoms with Crippen LogP contribution < -0.4 is 19.9 Å². The third-order valence-corrected chi connectivity index (χ3v) is 5.91. The van der Waals surface area contributed by atoms with E-state index >= 15 is 0 Å². The topological polar surface area (TPSA) is 73.7 Å². The summed E-state index contributed by atoms with van der Waals surface area (Å²) in [5.74, 6) is 1.11. The second kappa shape index (κ2) is 8.79. The summed E-state index contributed by atoms with van der Waals surface area (Å²) in [5, 5.41) is 0.463. The SMILES string of the molecule is COc1cc2ncn(CCCC(=O)N3c4ccccc4CCC3C)c(=O)c2cc1OC. The molecule has 7 nitrogen and oxygen atoms in total. The summed E-state index contributed by atoms with van der Waals surface area (Å²) in [6, 6.07) is 11.6. The Morgan fingerprint density at radius 3 is 2.68 bits per heavy atom. The van der Waals surface area contributed by atoms with Crippen LogP contribution in [0.25, 0.3) is 10.9 Å². The first-order chi connectivity index (χ1) is 15.0. The molecule has 0 saturated heterocycles. The number of nitrogens with zero attached hydrogens (tertiary/aromatic N) is 3. The Morgan fingerprint density at radius 2 is 1.90 bits per heavy atom. The predicted molar refractivity (Wildman–Crippen MR) is 120 cm³/mol. The number of hydrogen-bond acceptors (Lipinski definition) is 5. The van der Waals surface area contributed by atoms with Gasteiger partial charge in [-0.25, -0.2) is 4.98 Å². The molecule has 2 heterocycles. The maximum absolute atomic E-state index is 13.0. The molecule has 0 aliphatic carbocycles. The first kappa shape index (κ1) is 20.9. The number of para-hydroxylation sites is 1. The molecule has 1 aromatic heterocycles. The highest BCUT2D eigenvalue weighted by Crippen LogP contribution is 2.31. The third-order valence-electron chi connectivity index (χ3n) is 5.91. The van der Waals surface area contributed by atoms with Crippen LogP contribution in [0, 0.1) is 0 Å². The number of amides is 1. The number of aromatic nitrogens is 2. The van der Waals surface area contributed by atoms with Crippen LogP contribution in [0.1, 0.15) is 31.7 Å². The van der Waals surface area contributed by atoms with Crippen LogP contribution in [0.4, 0.5) is 5.69 Å². The van der Waals surface area contributed by atoms with Gasteiger partial charge in [0.25, 0.3) is 5.56 Å². The van der Waals surface area contributed by atoms with E-state index in [9.17, 15) is 9.59 Å². The second-order valence-corrected chi connectivity index (χ2v) is 7.85. The van der Waals surface area contributed by atoms with Gasteiger partial charge in [0.1, 0.15) is 0 Å². The van der Waals surface area contributed by atoms with Crippen molar-refractivity contribution in [1.82, 2.24) is 9.55 Å². The average Bonchev–Trinajstić information content (AvgIpc) is 2.79. The van der Waals surface area contributed by atoms with Gasteiger partial charge in [-0.1, -0.05) is 18.2 Å². The minimum absolute atomic E-state index is 0.0906. The highest BCUT2D eigenvalue weighted by Gasteiger charge is 2.27. The quantitative estimate of drug-likeness (QED) is 0.608. The maximum Gasteiger partial charge on any atom is 0.261 e. The Bertz CT molecular complexity index is 1170. The van der Waals surface area contributed by atoms with Crippen LogP contribution in [0.3, 0.4) is 0 Å². The lowest BCUT2D eigenvalue weighted by Gasteiger charge is -2.35. The lowest BCUT2D eigenvalue weighted by atomic mass is 9.96. The van der Waals surface area contributed by atoms with Gasteiger partial charge in [0.15, 0.2) is 11.5 Å². The number of fused-ring (bicyclic) bond motifs is 2. The summed E-state index contributed by atoms with van der Waals surface area (Å²) in [5.41, 5.74) is 2.62. The van der Waals surface area contributed by atoms with Gasteiger partial charge in [0, 0.05) is 30.8 Å². The number of ether oxygens (including phenoxy) is 2. The van der Waals surface area contributed by atoms with Crippen molar-refractivity contribution in [2.24, 2.45) is 0 Å². The molecular formula is C24H27N3O4. The number of anilines is 1. The summed E-state index contributed by atoms with van der Waals surface area (Å²) in [6.07, 6.45) is 4.41. The Hall–Kier alpha value is -3.35. The monoisotopic (exact) mass is 421 g/mol. The highest BCUT2D eigenvalue weighted by molar-refractivity contribution is 5.95. The fraction of sp³-hybridized carbons (Fsp3) is 0.375. The van der Waals surface area contributed by atoms with Crippen molar-refractivity contribution in [2.75, 3.05) is 19.1 Å². The molecule has 0 fully saturated rings. The summed E-state index contributed by atoms with van der Waals surface area (Å²) in [7, 11) is 3.08. The molecule has 4 rings (SSSR count). The van der Waals surface area contributed by atoms with Crippen LogP contribution in [-0.2, 0) is 17.8 Å². The first-order valence-electron chi connectivity index (χ1n) is 10.5. The molecule has 1 unspecified atom stereocenters. The normalized spacial score (nSPS) is 15.6. The summed E-state index contributed by atoms with van der Waals surface area (Å²) in [6.45, 7) is 2.51. The molecule has 2 aromatic carbocycles. The number of rotatable bonds is 6. The zero-order valence-corrected chi connectivity index (χ0v) is 18.1. The van der Waals surface area contributed by atoms with E-state index in [2.05, 4.69) is 18.0 Å². The van der Waals surface area contributed by atoms with E-state index in [1.165, 1.54) is 19.0 Å². The van der Waals surface area contributed by atoms with Gasteiger partial charge in [-0.2, -0.15) is 0 Å². The van der Waals surface area contributed by atoms with Crippen LogP contribution in [0.5, 0.6) is 11.5 Å². The van der Waals surface area contributed by atoms with E-state index in [4.69, 9.17) is 9.47 Å². The molecular weight excluding hydrogens is 394 g/mol. The van der Waals surface area contributed by atoms with Crippen molar-refractivity contribution < 1.29 is 14.3 Å². The first-order valence-corrected chi connectivity index (χ1v) is 10.5. The van der Waals surface area contributed by atoms with Gasteiger partial charge in [0.05, 0.1) is 31.4 Å². The molecule has 31 heavy (non-hydrogen) atoms. The van der Waals surface area contributed by atoms with Crippen molar-refractivity contribution in [3.05, 3.63) is 58.6 Å². The molecule has 0 saturated carbocycles. The molecule has 162 valence electrons. The van der Waals surface area contributed by atoms with Crippen LogP contribution in [-0.4, -0.2) is 35.7 Å². The highest BCUT2D eigenvalue weighted by atomic mass is 16.5. The van der Waals surface area contributed by atoms with E-state index < -0.39 is 0 Å². The molecule has 1 atom stereocenters. The number of hydrogen-bond donors (Lipinski definition) is 0. The molecule has 1 aliphatic rings. The molecule has 7 heteroatoms. The lowest BCUT2D eigenvalue weighted by Crippen LogP contribution is -2.42. The molecule has 3 aromatic rings. The van der Waals surface area contributed by atoms with Gasteiger partial charge in [-0.15, -0.1) is 0 Å². The smallest absolute Gasteiger partial charge is 0.261 e. The standard InChI is InChI=1S/C24H27N3O4/c1-16-10-11-17-7-4-5-8-20(17)27(16)23(28)9-6-12-26-15-25-19-14-22(31-3)21(30-2)13-18(19)24(26)29/h4-5,7-8,13-16H,6,9-12H2,1-3H3. The zero-order chi connectivity index (χ0) is 22.0. The van der Waals surface area contributed by atoms with E-state index in [-0.39, 0.29) is 17.5 Å². The Morgan fingerprint density at radius 1 is 1.16 bits per heavy atom. The van der Waals surface area contributed by atoms with E-state index in [1.807, 2.05) is 23.1 Å². The van der Waals surface area contributed by atoms with Crippen LogP contribution in [0.15, 0.2) is 47.5 Å². The fourth-order valence-corrected chi connectivity index (χ4v) is 4.23.